The number of carbonyl (C=O) groups is 4. The van der Waals surface area contributed by atoms with Crippen molar-refractivity contribution in [2.24, 2.45) is 14.1 Å². The molecule has 2 amide bonds. The first-order valence-corrected chi connectivity index (χ1v) is 14.1. The number of aromatic nitrogens is 2. The number of hydrogen-bond donors (Lipinski definition) is 1. The minimum atomic E-state index is -1.09. The van der Waals surface area contributed by atoms with E-state index in [0.717, 1.165) is 15.8 Å². The minimum absolute atomic E-state index is 0.0335. The van der Waals surface area contributed by atoms with E-state index in [2.05, 4.69) is 0 Å². The Bertz CT molecular complexity index is 1890. The van der Waals surface area contributed by atoms with Crippen LogP contribution in [0.1, 0.15) is 11.1 Å². The minimum Gasteiger partial charge on any atom is -0.480 e. The molecule has 4 aromatic rings. The molecule has 15 heteroatoms. The van der Waals surface area contributed by atoms with Crippen molar-refractivity contribution in [3.8, 4) is 0 Å². The van der Waals surface area contributed by atoms with E-state index in [9.17, 15) is 29.3 Å². The molecule has 0 bridgehead atoms. The number of rotatable bonds is 15. The SMILES string of the molecule is Cn1cc(C2=C(c3cn(C)c4cc([N+](=O)[O-])ccc34)C(=O)N(COC(=O)COCCOCCOCC(=O)O)C2=O)c2ccccc21. The number of aryl methyl sites for hydroxylation is 2. The Labute approximate surface area is 261 Å². The Morgan fingerprint density at radius 1 is 0.804 bits per heavy atom. The van der Waals surface area contributed by atoms with Crippen LogP contribution in [0.3, 0.4) is 0 Å². The first-order valence-electron chi connectivity index (χ1n) is 14.1. The summed E-state index contributed by atoms with van der Waals surface area (Å²) in [4.78, 5) is 62.5. The van der Waals surface area contributed by atoms with Gasteiger partial charge in [-0.1, -0.05) is 18.2 Å². The van der Waals surface area contributed by atoms with Crippen LogP contribution in [0.15, 0.2) is 54.9 Å². The van der Waals surface area contributed by atoms with E-state index in [1.807, 2.05) is 35.9 Å². The summed E-state index contributed by atoms with van der Waals surface area (Å²) in [5.41, 5.74) is 2.31. The predicted molar refractivity (Wildman–Crippen MR) is 162 cm³/mol. The summed E-state index contributed by atoms with van der Waals surface area (Å²) < 4.78 is 24.0. The zero-order valence-corrected chi connectivity index (χ0v) is 25.0. The molecular weight excluding hydrogens is 604 g/mol. The largest absolute Gasteiger partial charge is 0.480 e. The number of amides is 2. The lowest BCUT2D eigenvalue weighted by atomic mass is 9.95. The summed E-state index contributed by atoms with van der Waals surface area (Å²) in [6.07, 6.45) is 3.40. The summed E-state index contributed by atoms with van der Waals surface area (Å²) >= 11 is 0. The van der Waals surface area contributed by atoms with Crippen LogP contribution in [-0.4, -0.2) is 94.2 Å². The second-order valence-electron chi connectivity index (χ2n) is 10.3. The summed E-state index contributed by atoms with van der Waals surface area (Å²) in [7, 11) is 3.51. The van der Waals surface area contributed by atoms with Crippen LogP contribution < -0.4 is 0 Å². The van der Waals surface area contributed by atoms with Gasteiger partial charge in [-0.2, -0.15) is 0 Å². The summed E-state index contributed by atoms with van der Waals surface area (Å²) in [5, 5.41) is 21.2. The Morgan fingerprint density at radius 2 is 1.37 bits per heavy atom. The van der Waals surface area contributed by atoms with Crippen molar-refractivity contribution in [2.45, 2.75) is 0 Å². The fourth-order valence-corrected chi connectivity index (χ4v) is 5.25. The van der Waals surface area contributed by atoms with E-state index in [0.29, 0.717) is 22.0 Å². The van der Waals surface area contributed by atoms with Gasteiger partial charge >= 0.3 is 11.9 Å². The quantitative estimate of drug-likeness (QED) is 0.0667. The van der Waals surface area contributed by atoms with Gasteiger partial charge in [0.1, 0.15) is 13.2 Å². The van der Waals surface area contributed by atoms with Crippen LogP contribution in [0.25, 0.3) is 33.0 Å². The number of ether oxygens (including phenoxy) is 4. The molecule has 15 nitrogen and oxygen atoms in total. The van der Waals surface area contributed by atoms with Crippen LogP contribution in [0, 0.1) is 10.1 Å². The van der Waals surface area contributed by atoms with Gasteiger partial charge in [0.25, 0.3) is 17.5 Å². The van der Waals surface area contributed by atoms with Gasteiger partial charge < -0.3 is 33.2 Å². The van der Waals surface area contributed by atoms with E-state index in [-0.39, 0.29) is 43.3 Å². The molecule has 46 heavy (non-hydrogen) atoms. The third-order valence-corrected chi connectivity index (χ3v) is 7.33. The number of nitro benzene ring substituents is 1. The molecule has 0 radical (unpaired) electrons. The number of non-ortho nitro benzene ring substituents is 1. The van der Waals surface area contributed by atoms with Gasteiger partial charge in [0.05, 0.1) is 48.0 Å². The van der Waals surface area contributed by atoms with E-state index >= 15 is 0 Å². The van der Waals surface area contributed by atoms with Gasteiger partial charge in [-0.15, -0.1) is 0 Å². The highest BCUT2D eigenvalue weighted by Gasteiger charge is 2.42. The summed E-state index contributed by atoms with van der Waals surface area (Å²) in [5.74, 6) is -3.26. The molecule has 0 aliphatic carbocycles. The standard InChI is InChI=1S/C31H30N4O11/c1-32-14-22(20-5-3-4-6-24(20)32)28-29(23-15-33(2)25-13-19(35(41)42)7-8-21(23)25)31(40)34(30(28)39)18-46-27(38)17-45-12-10-43-9-11-44-16-26(36)37/h3-8,13-15H,9-12,16-18H2,1-2H3,(H,36,37). The topological polar surface area (TPSA) is 182 Å². The predicted octanol–water partition coefficient (Wildman–Crippen LogP) is 2.49. The van der Waals surface area contributed by atoms with Crippen molar-refractivity contribution in [3.05, 3.63) is 76.1 Å². The summed E-state index contributed by atoms with van der Waals surface area (Å²) in [6.45, 7) is -1.18. The molecule has 0 saturated heterocycles. The second kappa shape index (κ2) is 13.7. The highest BCUT2D eigenvalue weighted by molar-refractivity contribution is 6.50. The number of imide groups is 1. The van der Waals surface area contributed by atoms with E-state index < -0.39 is 48.6 Å². The number of carboxylic acid groups (broad SMARTS) is 1. The molecule has 240 valence electrons. The maximum absolute atomic E-state index is 14.0. The van der Waals surface area contributed by atoms with Gasteiger partial charge in [0.15, 0.2) is 6.73 Å². The number of para-hydroxylation sites is 1. The first-order chi connectivity index (χ1) is 22.1. The average molecular weight is 635 g/mol. The molecule has 1 N–H and O–H groups in total. The zero-order valence-electron chi connectivity index (χ0n) is 25.0. The second-order valence-corrected chi connectivity index (χ2v) is 10.3. The van der Waals surface area contributed by atoms with Crippen molar-refractivity contribution in [3.63, 3.8) is 0 Å². The number of fused-ring (bicyclic) bond motifs is 2. The van der Waals surface area contributed by atoms with Gasteiger partial charge in [-0.25, -0.2) is 14.5 Å². The van der Waals surface area contributed by atoms with Crippen LogP contribution in [-0.2, 0) is 52.2 Å². The molecule has 2 aromatic heterocycles. The van der Waals surface area contributed by atoms with Crippen LogP contribution in [0.2, 0.25) is 0 Å². The summed E-state index contributed by atoms with van der Waals surface area (Å²) in [6, 6.07) is 11.7. The van der Waals surface area contributed by atoms with Gasteiger partial charge in [0, 0.05) is 66.0 Å². The van der Waals surface area contributed by atoms with E-state index in [1.54, 1.807) is 30.1 Å². The number of carboxylic acids is 1. The van der Waals surface area contributed by atoms with Crippen molar-refractivity contribution >= 4 is 62.4 Å². The average Bonchev–Trinajstić information content (AvgIpc) is 3.62. The molecule has 0 spiro atoms. The Hall–Kier alpha value is -5.38. The van der Waals surface area contributed by atoms with Gasteiger partial charge in [0.2, 0.25) is 0 Å². The maximum Gasteiger partial charge on any atom is 0.333 e. The molecule has 5 rings (SSSR count). The normalized spacial score (nSPS) is 13.4. The molecule has 3 heterocycles. The Kier molecular flexibility index (Phi) is 9.55. The van der Waals surface area contributed by atoms with Crippen molar-refractivity contribution in [1.82, 2.24) is 14.0 Å². The molecule has 0 atom stereocenters. The molecule has 0 saturated carbocycles. The molecule has 0 unspecified atom stereocenters. The number of nitrogens with zero attached hydrogens (tertiary/aromatic N) is 4. The fourth-order valence-electron chi connectivity index (χ4n) is 5.25. The van der Waals surface area contributed by atoms with Crippen molar-refractivity contribution in [2.75, 3.05) is 46.4 Å². The zero-order chi connectivity index (χ0) is 33.0. The lowest BCUT2D eigenvalue weighted by Crippen LogP contribution is -2.35. The highest BCUT2D eigenvalue weighted by atomic mass is 16.6. The monoisotopic (exact) mass is 634 g/mol. The fraction of sp³-hybridized carbons (Fsp3) is 0.290. The number of hydrogen-bond acceptors (Lipinski definition) is 10. The molecule has 0 fully saturated rings. The number of nitro groups is 1. The third kappa shape index (κ3) is 6.51. The maximum atomic E-state index is 14.0. The number of benzene rings is 2. The third-order valence-electron chi connectivity index (χ3n) is 7.33. The van der Waals surface area contributed by atoms with E-state index in [1.165, 1.54) is 12.1 Å². The first kappa shape index (κ1) is 32.0. The Morgan fingerprint density at radius 3 is 2.00 bits per heavy atom. The molecule has 1 aliphatic rings. The number of aliphatic carboxylic acids is 1. The lowest BCUT2D eigenvalue weighted by Gasteiger charge is -2.15. The Balaban J connectivity index is 1.35. The van der Waals surface area contributed by atoms with Crippen LogP contribution in [0.4, 0.5) is 5.69 Å². The molecular formula is C31H30N4O11. The smallest absolute Gasteiger partial charge is 0.333 e. The number of esters is 1. The lowest BCUT2D eigenvalue weighted by molar-refractivity contribution is -0.384. The van der Waals surface area contributed by atoms with Gasteiger partial charge in [-0.3, -0.25) is 19.7 Å². The molecule has 1 aliphatic heterocycles. The highest BCUT2D eigenvalue weighted by Crippen LogP contribution is 2.42. The number of carbonyl (C=O) groups excluding carboxylic acids is 3. The molecule has 2 aromatic carbocycles. The van der Waals surface area contributed by atoms with Crippen molar-refractivity contribution in [1.29, 1.82) is 0 Å². The van der Waals surface area contributed by atoms with Crippen molar-refractivity contribution < 1.29 is 48.2 Å². The van der Waals surface area contributed by atoms with Gasteiger partial charge in [-0.05, 0) is 12.1 Å². The van der Waals surface area contributed by atoms with Crippen LogP contribution in [0.5, 0.6) is 0 Å². The van der Waals surface area contributed by atoms with E-state index in [4.69, 9.17) is 24.1 Å². The van der Waals surface area contributed by atoms with Crippen LogP contribution >= 0.6 is 0 Å².